The number of amides is 1. The zero-order chi connectivity index (χ0) is 21.0. The van der Waals surface area contributed by atoms with Crippen molar-refractivity contribution >= 4 is 5.91 Å². The summed E-state index contributed by atoms with van der Waals surface area (Å²) in [4.78, 5) is 15.0. The smallest absolute Gasteiger partial charge is 0.254 e. The highest BCUT2D eigenvalue weighted by atomic mass is 16.1. The van der Waals surface area contributed by atoms with Gasteiger partial charge in [0.25, 0.3) is 5.91 Å². The maximum atomic E-state index is 12.8. The number of aromatic nitrogens is 2. The highest BCUT2D eigenvalue weighted by Crippen LogP contribution is 2.19. The van der Waals surface area contributed by atoms with Crippen LogP contribution >= 0.6 is 0 Å². The Balaban J connectivity index is 1.72. The van der Waals surface area contributed by atoms with E-state index in [1.807, 2.05) is 45.3 Å². The third kappa shape index (κ3) is 4.74. The molecule has 0 spiro atoms. The molecule has 0 aliphatic carbocycles. The molecule has 1 amide bonds. The quantitative estimate of drug-likeness (QED) is 0.661. The van der Waals surface area contributed by atoms with E-state index in [-0.39, 0.29) is 11.9 Å². The minimum atomic E-state index is -0.0992. The molecule has 0 bridgehead atoms. The monoisotopic (exact) mass is 390 g/mol. The molecular weight excluding hydrogens is 360 g/mol. The lowest BCUT2D eigenvalue weighted by Crippen LogP contribution is -2.34. The molecule has 0 radical (unpaired) electrons. The van der Waals surface area contributed by atoms with Crippen molar-refractivity contribution in [1.29, 1.82) is 0 Å². The van der Waals surface area contributed by atoms with E-state index < -0.39 is 0 Å². The molecule has 3 aromatic rings. The lowest BCUT2D eigenvalue weighted by Gasteiger charge is -2.25. The van der Waals surface area contributed by atoms with Crippen LogP contribution in [0.2, 0.25) is 0 Å². The number of rotatable bonds is 7. The highest BCUT2D eigenvalue weighted by Gasteiger charge is 2.19. The highest BCUT2D eigenvalue weighted by molar-refractivity contribution is 5.95. The summed E-state index contributed by atoms with van der Waals surface area (Å²) in [6.45, 7) is 6.66. The predicted octanol–water partition coefficient (Wildman–Crippen LogP) is 4.08. The van der Waals surface area contributed by atoms with Gasteiger partial charge in [0.2, 0.25) is 0 Å². The Bertz CT molecular complexity index is 956. The van der Waals surface area contributed by atoms with Crippen LogP contribution < -0.4 is 5.32 Å². The van der Waals surface area contributed by atoms with Crippen LogP contribution in [0, 0.1) is 13.8 Å². The second-order valence-corrected chi connectivity index (χ2v) is 7.68. The minimum Gasteiger partial charge on any atom is -0.350 e. The van der Waals surface area contributed by atoms with Gasteiger partial charge in [-0.25, -0.2) is 4.68 Å². The van der Waals surface area contributed by atoms with E-state index in [9.17, 15) is 4.79 Å². The van der Waals surface area contributed by atoms with Crippen LogP contribution in [0.5, 0.6) is 0 Å². The van der Waals surface area contributed by atoms with Crippen LogP contribution in [0.1, 0.15) is 45.7 Å². The molecule has 0 fully saturated rings. The van der Waals surface area contributed by atoms with Gasteiger partial charge >= 0.3 is 0 Å². The largest absolute Gasteiger partial charge is 0.350 e. The second kappa shape index (κ2) is 9.05. The zero-order valence-electron chi connectivity index (χ0n) is 17.9. The van der Waals surface area contributed by atoms with Gasteiger partial charge in [-0.2, -0.15) is 5.10 Å². The van der Waals surface area contributed by atoms with E-state index in [0.717, 1.165) is 17.8 Å². The van der Waals surface area contributed by atoms with Crippen molar-refractivity contribution in [3.63, 3.8) is 0 Å². The van der Waals surface area contributed by atoms with Gasteiger partial charge in [0.1, 0.15) is 0 Å². The summed E-state index contributed by atoms with van der Waals surface area (Å²) in [6.07, 6.45) is 2.67. The van der Waals surface area contributed by atoms with Gasteiger partial charge in [0.05, 0.1) is 29.2 Å². The van der Waals surface area contributed by atoms with Crippen LogP contribution in [-0.2, 0) is 6.42 Å². The molecule has 0 aliphatic rings. The van der Waals surface area contributed by atoms with Crippen LogP contribution in [0.25, 0.3) is 5.69 Å². The summed E-state index contributed by atoms with van der Waals surface area (Å²) < 4.78 is 1.81. The lowest BCUT2D eigenvalue weighted by molar-refractivity contribution is 0.0941. The van der Waals surface area contributed by atoms with E-state index in [4.69, 9.17) is 0 Å². The summed E-state index contributed by atoms with van der Waals surface area (Å²) in [5.41, 5.74) is 6.09. The van der Waals surface area contributed by atoms with Gasteiger partial charge < -0.3 is 10.2 Å². The second-order valence-electron chi connectivity index (χ2n) is 7.68. The van der Waals surface area contributed by atoms with Gasteiger partial charge in [-0.05, 0) is 57.6 Å². The van der Waals surface area contributed by atoms with Gasteiger partial charge in [0, 0.05) is 6.54 Å². The van der Waals surface area contributed by atoms with Crippen LogP contribution in [0.15, 0.2) is 54.7 Å². The number of benzene rings is 2. The Morgan fingerprint density at radius 3 is 2.31 bits per heavy atom. The first kappa shape index (κ1) is 20.8. The molecule has 1 unspecified atom stereocenters. The summed E-state index contributed by atoms with van der Waals surface area (Å²) in [5.74, 6) is -0.0992. The molecule has 1 aromatic heterocycles. The average molecular weight is 391 g/mol. The molecule has 0 aliphatic heterocycles. The molecule has 0 saturated heterocycles. The average Bonchev–Trinajstić information content (AvgIpc) is 3.10. The number of nitrogens with zero attached hydrogens (tertiary/aromatic N) is 3. The fourth-order valence-electron chi connectivity index (χ4n) is 3.44. The molecule has 1 heterocycles. The van der Waals surface area contributed by atoms with E-state index in [1.165, 1.54) is 16.7 Å². The molecular formula is C24H30N4O. The van der Waals surface area contributed by atoms with Crippen molar-refractivity contribution in [3.05, 3.63) is 82.7 Å². The van der Waals surface area contributed by atoms with E-state index >= 15 is 0 Å². The normalized spacial score (nSPS) is 12.2. The van der Waals surface area contributed by atoms with Crippen molar-refractivity contribution in [2.45, 2.75) is 33.2 Å². The molecule has 1 atom stereocenters. The zero-order valence-corrected chi connectivity index (χ0v) is 17.9. The Labute approximate surface area is 173 Å². The SMILES string of the molecule is CCc1ccc(C(CNC(=O)c2cnn(-c3ccc(C)cc3)c2C)N(C)C)cc1. The predicted molar refractivity (Wildman–Crippen MR) is 118 cm³/mol. The maximum absolute atomic E-state index is 12.8. The summed E-state index contributed by atoms with van der Waals surface area (Å²) in [6, 6.07) is 16.8. The van der Waals surface area contributed by atoms with Crippen LogP contribution in [0.4, 0.5) is 0 Å². The molecule has 2 aromatic carbocycles. The standard InChI is InChI=1S/C24H30N4O/c1-6-19-9-11-20(12-10-19)23(27(4)5)16-25-24(29)22-15-26-28(18(22)3)21-13-7-17(2)8-14-21/h7-15,23H,6,16H2,1-5H3,(H,25,29). The molecule has 152 valence electrons. The molecule has 1 N–H and O–H groups in total. The van der Waals surface area contributed by atoms with E-state index in [0.29, 0.717) is 12.1 Å². The number of likely N-dealkylation sites (N-methyl/N-ethyl adjacent to an activating group) is 1. The third-order valence-corrected chi connectivity index (χ3v) is 5.39. The fourth-order valence-corrected chi connectivity index (χ4v) is 3.44. The Morgan fingerprint density at radius 2 is 1.72 bits per heavy atom. The van der Waals surface area contributed by atoms with Crippen molar-refractivity contribution in [2.24, 2.45) is 0 Å². The first-order valence-corrected chi connectivity index (χ1v) is 10.1. The van der Waals surface area contributed by atoms with E-state index in [2.05, 4.69) is 53.4 Å². The fraction of sp³-hybridized carbons (Fsp3) is 0.333. The summed E-state index contributed by atoms with van der Waals surface area (Å²) in [5, 5.41) is 7.51. The Morgan fingerprint density at radius 1 is 1.07 bits per heavy atom. The number of nitrogens with one attached hydrogen (secondary N) is 1. The number of carbonyl (C=O) groups is 1. The van der Waals surface area contributed by atoms with Crippen molar-refractivity contribution in [1.82, 2.24) is 20.0 Å². The summed E-state index contributed by atoms with van der Waals surface area (Å²) in [7, 11) is 4.07. The minimum absolute atomic E-state index is 0.0992. The third-order valence-electron chi connectivity index (χ3n) is 5.39. The number of hydrogen-bond acceptors (Lipinski definition) is 3. The van der Waals surface area contributed by atoms with Gasteiger partial charge in [-0.3, -0.25) is 4.79 Å². The Hall–Kier alpha value is -2.92. The van der Waals surface area contributed by atoms with E-state index in [1.54, 1.807) is 10.9 Å². The molecule has 29 heavy (non-hydrogen) atoms. The van der Waals surface area contributed by atoms with Crippen molar-refractivity contribution in [2.75, 3.05) is 20.6 Å². The topological polar surface area (TPSA) is 50.2 Å². The Kier molecular flexibility index (Phi) is 6.49. The molecule has 0 saturated carbocycles. The number of hydrogen-bond donors (Lipinski definition) is 1. The van der Waals surface area contributed by atoms with Gasteiger partial charge in [0.15, 0.2) is 0 Å². The molecule has 3 rings (SSSR count). The molecule has 5 nitrogen and oxygen atoms in total. The van der Waals surface area contributed by atoms with Crippen LogP contribution in [-0.4, -0.2) is 41.2 Å². The summed E-state index contributed by atoms with van der Waals surface area (Å²) >= 11 is 0. The maximum Gasteiger partial charge on any atom is 0.254 e. The first-order valence-electron chi connectivity index (χ1n) is 10.1. The first-order chi connectivity index (χ1) is 13.9. The van der Waals surface area contributed by atoms with Gasteiger partial charge in [-0.15, -0.1) is 0 Å². The van der Waals surface area contributed by atoms with Crippen molar-refractivity contribution in [3.8, 4) is 5.69 Å². The number of aryl methyl sites for hydroxylation is 2. The van der Waals surface area contributed by atoms with Gasteiger partial charge in [-0.1, -0.05) is 48.9 Å². The lowest BCUT2D eigenvalue weighted by atomic mass is 10.0. The number of carbonyl (C=O) groups excluding carboxylic acids is 1. The molecule has 5 heteroatoms. The van der Waals surface area contributed by atoms with Crippen LogP contribution in [0.3, 0.4) is 0 Å². The van der Waals surface area contributed by atoms with Crippen molar-refractivity contribution < 1.29 is 4.79 Å².